The molecule has 0 saturated carbocycles. The monoisotopic (exact) mass is 256 g/mol. The number of hydrogen-bond acceptors (Lipinski definition) is 5. The van der Waals surface area contributed by atoms with Gasteiger partial charge in [-0.25, -0.2) is 0 Å². The van der Waals surface area contributed by atoms with Crippen LogP contribution in [0.1, 0.15) is 16.6 Å². The van der Waals surface area contributed by atoms with Crippen molar-refractivity contribution in [3.05, 3.63) is 16.3 Å². The van der Waals surface area contributed by atoms with E-state index in [2.05, 4.69) is 4.74 Å². The lowest BCUT2D eigenvalue weighted by Crippen LogP contribution is -2.34. The van der Waals surface area contributed by atoms with Gasteiger partial charge in [0, 0.05) is 13.6 Å². The van der Waals surface area contributed by atoms with E-state index in [9.17, 15) is 9.59 Å². The second-order valence-electron chi connectivity index (χ2n) is 3.81. The summed E-state index contributed by atoms with van der Waals surface area (Å²) in [7, 11) is 2.97. The zero-order chi connectivity index (χ0) is 13.0. The molecule has 17 heavy (non-hydrogen) atoms. The first-order chi connectivity index (χ1) is 7.97. The number of anilines is 1. The van der Waals surface area contributed by atoms with Crippen LogP contribution >= 0.6 is 11.3 Å². The van der Waals surface area contributed by atoms with Crippen LogP contribution in [0.25, 0.3) is 0 Å². The Hall–Kier alpha value is -1.56. The third-order valence-electron chi connectivity index (χ3n) is 2.39. The van der Waals surface area contributed by atoms with Crippen LogP contribution in [0, 0.1) is 5.92 Å². The molecule has 1 amide bonds. The fraction of sp³-hybridized carbons (Fsp3) is 0.455. The molecule has 0 aliphatic carbocycles. The maximum atomic E-state index is 12.0. The first-order valence-electron chi connectivity index (χ1n) is 5.13. The number of hydrogen-bond donors (Lipinski definition) is 1. The maximum Gasteiger partial charge on any atom is 0.310 e. The highest BCUT2D eigenvalue weighted by atomic mass is 32.1. The Morgan fingerprint density at radius 3 is 2.71 bits per heavy atom. The molecule has 1 aromatic rings. The second kappa shape index (κ2) is 5.67. The summed E-state index contributed by atoms with van der Waals surface area (Å²) < 4.78 is 4.61. The fourth-order valence-corrected chi connectivity index (χ4v) is 2.25. The van der Waals surface area contributed by atoms with Crippen LogP contribution in [0.15, 0.2) is 11.4 Å². The van der Waals surface area contributed by atoms with Crippen LogP contribution in [0.3, 0.4) is 0 Å². The van der Waals surface area contributed by atoms with Crippen LogP contribution in [-0.2, 0) is 9.53 Å². The van der Waals surface area contributed by atoms with Crippen LogP contribution in [-0.4, -0.2) is 37.5 Å². The molecule has 0 aromatic carbocycles. The summed E-state index contributed by atoms with van der Waals surface area (Å²) in [6.07, 6.45) is 0. The molecule has 0 spiro atoms. The molecular formula is C11H16N2O3S. The molecule has 0 saturated heterocycles. The van der Waals surface area contributed by atoms with Crippen molar-refractivity contribution in [2.45, 2.75) is 6.92 Å². The van der Waals surface area contributed by atoms with E-state index in [0.717, 1.165) is 0 Å². The van der Waals surface area contributed by atoms with Crippen molar-refractivity contribution in [1.29, 1.82) is 0 Å². The molecule has 1 atom stereocenters. The molecule has 0 aliphatic heterocycles. The number of esters is 1. The number of nitrogens with two attached hydrogens (primary N) is 1. The molecule has 94 valence electrons. The Balaban J connectivity index is 2.65. The molecule has 6 heteroatoms. The average molecular weight is 256 g/mol. The molecule has 0 aliphatic rings. The number of rotatable bonds is 4. The van der Waals surface area contributed by atoms with Gasteiger partial charge >= 0.3 is 5.97 Å². The van der Waals surface area contributed by atoms with E-state index in [1.54, 1.807) is 25.4 Å². The topological polar surface area (TPSA) is 72.6 Å². The van der Waals surface area contributed by atoms with Crippen molar-refractivity contribution in [3.63, 3.8) is 0 Å². The average Bonchev–Trinajstić information content (AvgIpc) is 2.73. The molecule has 0 radical (unpaired) electrons. The number of carbonyl (C=O) groups is 2. The van der Waals surface area contributed by atoms with Crippen LogP contribution < -0.4 is 5.73 Å². The number of carbonyl (C=O) groups excluding carboxylic acids is 2. The lowest BCUT2D eigenvalue weighted by molar-refractivity contribution is -0.145. The summed E-state index contributed by atoms with van der Waals surface area (Å²) in [5.41, 5.74) is 6.14. The van der Waals surface area contributed by atoms with Gasteiger partial charge in [0.2, 0.25) is 0 Å². The number of ether oxygens (including phenoxy) is 1. The first kappa shape index (κ1) is 13.5. The van der Waals surface area contributed by atoms with Gasteiger partial charge < -0.3 is 15.4 Å². The second-order valence-corrected chi connectivity index (χ2v) is 4.73. The number of methoxy groups -OCH3 is 1. The molecule has 5 nitrogen and oxygen atoms in total. The van der Waals surface area contributed by atoms with E-state index in [4.69, 9.17) is 5.73 Å². The normalized spacial score (nSPS) is 11.9. The summed E-state index contributed by atoms with van der Waals surface area (Å²) in [6.45, 7) is 2.02. The quantitative estimate of drug-likeness (QED) is 0.822. The van der Waals surface area contributed by atoms with Gasteiger partial charge in [0.05, 0.1) is 18.7 Å². The summed E-state index contributed by atoms with van der Waals surface area (Å²) >= 11 is 1.29. The molecular weight excluding hydrogens is 240 g/mol. The van der Waals surface area contributed by atoms with Gasteiger partial charge in [-0.3, -0.25) is 9.59 Å². The molecule has 2 N–H and O–H groups in total. The van der Waals surface area contributed by atoms with Crippen molar-refractivity contribution in [2.24, 2.45) is 5.92 Å². The van der Waals surface area contributed by atoms with Crippen LogP contribution in [0.5, 0.6) is 0 Å². The third-order valence-corrected chi connectivity index (χ3v) is 3.31. The van der Waals surface area contributed by atoms with Crippen molar-refractivity contribution >= 4 is 28.9 Å². The van der Waals surface area contributed by atoms with Crippen molar-refractivity contribution in [3.8, 4) is 0 Å². The highest BCUT2D eigenvalue weighted by Crippen LogP contribution is 2.20. The summed E-state index contributed by atoms with van der Waals surface area (Å²) in [5, 5.41) is 1.76. The zero-order valence-corrected chi connectivity index (χ0v) is 10.9. The molecule has 0 bridgehead atoms. The Labute approximate surface area is 104 Å². The van der Waals surface area contributed by atoms with Gasteiger partial charge in [0.25, 0.3) is 5.91 Å². The molecule has 1 aromatic heterocycles. The third kappa shape index (κ3) is 3.20. The largest absolute Gasteiger partial charge is 0.469 e. The van der Waals surface area contributed by atoms with E-state index < -0.39 is 0 Å². The zero-order valence-electron chi connectivity index (χ0n) is 10.1. The number of thiophene rings is 1. The number of amides is 1. The summed E-state index contributed by atoms with van der Waals surface area (Å²) in [5.74, 6) is -0.854. The predicted molar refractivity (Wildman–Crippen MR) is 66.9 cm³/mol. The standard InChI is InChI=1S/C11H16N2O3S/c1-7(11(15)16-3)6-13(2)10(14)9-8(12)4-5-17-9/h4-5,7H,6,12H2,1-3H3. The summed E-state index contributed by atoms with van der Waals surface area (Å²) in [4.78, 5) is 25.2. The highest BCUT2D eigenvalue weighted by Gasteiger charge is 2.21. The lowest BCUT2D eigenvalue weighted by atomic mass is 10.1. The smallest absolute Gasteiger partial charge is 0.310 e. The Bertz CT molecular complexity index is 417. The van der Waals surface area contributed by atoms with E-state index in [0.29, 0.717) is 17.1 Å². The number of nitrogen functional groups attached to an aromatic ring is 1. The van der Waals surface area contributed by atoms with Gasteiger partial charge in [-0.05, 0) is 11.4 Å². The Kier molecular flexibility index (Phi) is 4.51. The lowest BCUT2D eigenvalue weighted by Gasteiger charge is -2.19. The first-order valence-corrected chi connectivity index (χ1v) is 6.01. The van der Waals surface area contributed by atoms with E-state index >= 15 is 0 Å². The Morgan fingerprint density at radius 1 is 1.59 bits per heavy atom. The van der Waals surface area contributed by atoms with Gasteiger partial charge in [-0.1, -0.05) is 6.92 Å². The summed E-state index contributed by atoms with van der Waals surface area (Å²) in [6, 6.07) is 1.69. The number of nitrogens with zero attached hydrogens (tertiary/aromatic N) is 1. The van der Waals surface area contributed by atoms with E-state index in [-0.39, 0.29) is 17.8 Å². The predicted octanol–water partition coefficient (Wildman–Crippen LogP) is 1.21. The van der Waals surface area contributed by atoms with Gasteiger partial charge in [0.15, 0.2) is 0 Å². The minimum Gasteiger partial charge on any atom is -0.469 e. The van der Waals surface area contributed by atoms with E-state index in [1.807, 2.05) is 0 Å². The molecule has 1 rings (SSSR count). The van der Waals surface area contributed by atoms with Crippen molar-refractivity contribution < 1.29 is 14.3 Å². The van der Waals surface area contributed by atoms with E-state index in [1.165, 1.54) is 23.3 Å². The SMILES string of the molecule is COC(=O)C(C)CN(C)C(=O)c1sccc1N. The van der Waals surface area contributed by atoms with Crippen molar-refractivity contribution in [2.75, 3.05) is 26.4 Å². The van der Waals surface area contributed by atoms with Crippen molar-refractivity contribution in [1.82, 2.24) is 4.90 Å². The highest BCUT2D eigenvalue weighted by molar-refractivity contribution is 7.12. The minimum absolute atomic E-state index is 0.173. The van der Waals surface area contributed by atoms with Gasteiger partial charge in [0.1, 0.15) is 4.88 Å². The van der Waals surface area contributed by atoms with Crippen LogP contribution in [0.2, 0.25) is 0 Å². The fourth-order valence-electron chi connectivity index (χ4n) is 1.44. The molecule has 1 unspecified atom stereocenters. The molecule has 1 heterocycles. The van der Waals surface area contributed by atoms with Gasteiger partial charge in [-0.15, -0.1) is 11.3 Å². The minimum atomic E-state index is -0.352. The van der Waals surface area contributed by atoms with Crippen LogP contribution in [0.4, 0.5) is 5.69 Å². The Morgan fingerprint density at radius 2 is 2.24 bits per heavy atom. The maximum absolute atomic E-state index is 12.0. The molecule has 0 fully saturated rings. The van der Waals surface area contributed by atoms with Gasteiger partial charge in [-0.2, -0.15) is 0 Å².